The Kier molecular flexibility index (Phi) is 4.63. The average molecular weight is 413 g/mol. The average Bonchev–Trinajstić information content (AvgIpc) is 3.32. The van der Waals surface area contributed by atoms with Crippen molar-refractivity contribution in [3.8, 4) is 0 Å². The van der Waals surface area contributed by atoms with E-state index < -0.39 is 0 Å². The molecule has 1 unspecified atom stereocenters. The summed E-state index contributed by atoms with van der Waals surface area (Å²) in [6, 6.07) is 15.0. The zero-order valence-electron chi connectivity index (χ0n) is 17.5. The number of pyridine rings is 1. The lowest BCUT2D eigenvalue weighted by atomic mass is 9.83. The maximum Gasteiger partial charge on any atom is 0.116 e. The van der Waals surface area contributed by atoms with Crippen LogP contribution in [0, 0.1) is 0 Å². The van der Waals surface area contributed by atoms with Crippen molar-refractivity contribution in [2.24, 2.45) is 0 Å². The Labute approximate surface area is 179 Å². The quantitative estimate of drug-likeness (QED) is 0.318. The van der Waals surface area contributed by atoms with Crippen LogP contribution < -0.4 is 0 Å². The van der Waals surface area contributed by atoms with Crippen molar-refractivity contribution in [1.29, 1.82) is 0 Å². The lowest BCUT2D eigenvalue weighted by Gasteiger charge is -2.35. The molecule has 0 aliphatic carbocycles. The zero-order valence-corrected chi connectivity index (χ0v) is 18.3. The van der Waals surface area contributed by atoms with Gasteiger partial charge in [-0.2, -0.15) is 0 Å². The van der Waals surface area contributed by atoms with E-state index in [-0.39, 0.29) is 5.54 Å². The molecule has 1 aromatic carbocycles. The minimum Gasteiger partial charge on any atom is -0.321 e. The molecule has 30 heavy (non-hydrogen) atoms. The van der Waals surface area contributed by atoms with Crippen molar-refractivity contribution in [1.82, 2.24) is 19.5 Å². The van der Waals surface area contributed by atoms with Crippen LogP contribution in [0.4, 0.5) is 0 Å². The molecule has 0 fully saturated rings. The monoisotopic (exact) mass is 412 g/mol. The van der Waals surface area contributed by atoms with Crippen molar-refractivity contribution in [2.75, 3.05) is 0 Å². The third-order valence-corrected chi connectivity index (χ3v) is 7.16. The summed E-state index contributed by atoms with van der Waals surface area (Å²) in [5.74, 6) is 0. The SMILES string of the molecule is CC/C=C(/c1ccccc1)C(C)(CC)n1c2cccnc2c2c3ncncc3sc21. The number of allylic oxidation sites excluding steroid dienone is 2. The van der Waals surface area contributed by atoms with Gasteiger partial charge in [0.15, 0.2) is 0 Å². The van der Waals surface area contributed by atoms with Gasteiger partial charge in [-0.25, -0.2) is 9.97 Å². The van der Waals surface area contributed by atoms with Crippen molar-refractivity contribution < 1.29 is 0 Å². The maximum absolute atomic E-state index is 4.78. The summed E-state index contributed by atoms with van der Waals surface area (Å²) in [6.45, 7) is 6.83. The molecule has 1 atom stereocenters. The van der Waals surface area contributed by atoms with Crippen LogP contribution in [0.1, 0.15) is 39.2 Å². The van der Waals surface area contributed by atoms with Gasteiger partial charge in [0.1, 0.15) is 11.2 Å². The Bertz CT molecular complexity index is 1380. The molecule has 150 valence electrons. The third kappa shape index (κ3) is 2.69. The summed E-state index contributed by atoms with van der Waals surface area (Å²) in [5, 5.41) is 1.14. The van der Waals surface area contributed by atoms with Gasteiger partial charge < -0.3 is 4.57 Å². The maximum atomic E-state index is 4.78. The lowest BCUT2D eigenvalue weighted by Crippen LogP contribution is -2.30. The summed E-state index contributed by atoms with van der Waals surface area (Å²) in [5.41, 5.74) is 5.55. The van der Waals surface area contributed by atoms with Crippen LogP contribution in [0.2, 0.25) is 0 Å². The molecule has 4 heterocycles. The number of benzene rings is 1. The highest BCUT2D eigenvalue weighted by Gasteiger charge is 2.34. The van der Waals surface area contributed by atoms with Crippen LogP contribution in [0.5, 0.6) is 0 Å². The number of hydrogen-bond acceptors (Lipinski definition) is 4. The van der Waals surface area contributed by atoms with Crippen LogP contribution in [-0.4, -0.2) is 19.5 Å². The van der Waals surface area contributed by atoms with E-state index in [2.05, 4.69) is 77.8 Å². The van der Waals surface area contributed by atoms with Gasteiger partial charge in [0.05, 0.1) is 32.2 Å². The van der Waals surface area contributed by atoms with Crippen LogP contribution in [0.3, 0.4) is 0 Å². The molecule has 5 aromatic rings. The van der Waals surface area contributed by atoms with Gasteiger partial charge >= 0.3 is 0 Å². The molecule has 0 saturated carbocycles. The minimum absolute atomic E-state index is 0.227. The summed E-state index contributed by atoms with van der Waals surface area (Å²) < 4.78 is 3.59. The van der Waals surface area contributed by atoms with E-state index in [0.717, 1.165) is 39.5 Å². The highest BCUT2D eigenvalue weighted by molar-refractivity contribution is 7.25. The fraction of sp³-hybridized carbons (Fsp3) is 0.240. The molecular weight excluding hydrogens is 388 g/mol. The molecule has 4 aromatic heterocycles. The van der Waals surface area contributed by atoms with E-state index in [9.17, 15) is 0 Å². The lowest BCUT2D eigenvalue weighted by molar-refractivity contribution is 0.438. The Balaban J connectivity index is 1.91. The number of fused-ring (bicyclic) bond motifs is 5. The molecule has 5 rings (SSSR count). The molecule has 0 saturated heterocycles. The van der Waals surface area contributed by atoms with Crippen LogP contribution in [0.25, 0.3) is 37.0 Å². The van der Waals surface area contributed by atoms with Gasteiger partial charge in [0, 0.05) is 12.4 Å². The van der Waals surface area contributed by atoms with E-state index in [4.69, 9.17) is 4.98 Å². The van der Waals surface area contributed by atoms with Crippen molar-refractivity contribution >= 4 is 48.4 Å². The van der Waals surface area contributed by atoms with Gasteiger partial charge in [-0.05, 0) is 43.0 Å². The number of hydrogen-bond donors (Lipinski definition) is 0. The number of nitrogens with zero attached hydrogens (tertiary/aromatic N) is 4. The Morgan fingerprint density at radius 3 is 2.67 bits per heavy atom. The second-order valence-corrected chi connectivity index (χ2v) is 8.77. The zero-order chi connectivity index (χ0) is 20.7. The molecule has 0 N–H and O–H groups in total. The molecule has 0 aliphatic heterocycles. The fourth-order valence-electron chi connectivity index (χ4n) is 4.52. The van der Waals surface area contributed by atoms with Gasteiger partial charge in [0.25, 0.3) is 0 Å². The smallest absolute Gasteiger partial charge is 0.116 e. The van der Waals surface area contributed by atoms with Crippen LogP contribution in [-0.2, 0) is 5.54 Å². The first-order valence-corrected chi connectivity index (χ1v) is 11.2. The normalized spacial score (nSPS) is 14.6. The summed E-state index contributed by atoms with van der Waals surface area (Å²) >= 11 is 1.76. The first-order chi connectivity index (χ1) is 14.7. The molecule has 0 radical (unpaired) electrons. The molecule has 0 aliphatic rings. The largest absolute Gasteiger partial charge is 0.321 e. The second kappa shape index (κ2) is 7.33. The number of rotatable bonds is 5. The van der Waals surface area contributed by atoms with Crippen LogP contribution in [0.15, 0.2) is 67.3 Å². The van der Waals surface area contributed by atoms with E-state index in [0.29, 0.717) is 0 Å². The predicted molar refractivity (Wildman–Crippen MR) is 127 cm³/mol. The Morgan fingerprint density at radius 2 is 1.90 bits per heavy atom. The van der Waals surface area contributed by atoms with Gasteiger partial charge in [-0.15, -0.1) is 11.3 Å². The number of thiophene rings is 1. The van der Waals surface area contributed by atoms with E-state index in [1.807, 2.05) is 18.5 Å². The second-order valence-electron chi connectivity index (χ2n) is 7.74. The van der Waals surface area contributed by atoms with Crippen LogP contribution >= 0.6 is 11.3 Å². The highest BCUT2D eigenvalue weighted by Crippen LogP contribution is 2.46. The highest BCUT2D eigenvalue weighted by atomic mass is 32.1. The first-order valence-electron chi connectivity index (χ1n) is 10.4. The molecule has 4 nitrogen and oxygen atoms in total. The van der Waals surface area contributed by atoms with Crippen molar-refractivity contribution in [3.63, 3.8) is 0 Å². The molecule has 5 heteroatoms. The Hall–Kier alpha value is -3.05. The summed E-state index contributed by atoms with van der Waals surface area (Å²) in [7, 11) is 0. The Morgan fingerprint density at radius 1 is 1.07 bits per heavy atom. The fourth-order valence-corrected chi connectivity index (χ4v) is 5.78. The molecule has 0 bridgehead atoms. The standard InChI is InChI=1S/C25H24N4S/c1-4-10-18(17-11-7-6-8-12-17)25(3,5-2)29-19-13-9-14-27-22(19)21-23-20(30-24(21)29)15-26-16-28-23/h6-16H,4-5H2,1-3H3/b18-10-. The topological polar surface area (TPSA) is 43.6 Å². The van der Waals surface area contributed by atoms with E-state index in [1.165, 1.54) is 16.0 Å². The molecular formula is C25H24N4S. The predicted octanol–water partition coefficient (Wildman–Crippen LogP) is 6.81. The van der Waals surface area contributed by atoms with Gasteiger partial charge in [-0.3, -0.25) is 4.98 Å². The van der Waals surface area contributed by atoms with Crippen molar-refractivity contribution in [2.45, 2.75) is 39.2 Å². The van der Waals surface area contributed by atoms with Crippen molar-refractivity contribution in [3.05, 3.63) is 72.8 Å². The first kappa shape index (κ1) is 18.9. The van der Waals surface area contributed by atoms with Gasteiger partial charge in [0.2, 0.25) is 0 Å². The van der Waals surface area contributed by atoms with Gasteiger partial charge in [-0.1, -0.05) is 50.3 Å². The van der Waals surface area contributed by atoms with E-state index in [1.54, 1.807) is 17.7 Å². The third-order valence-electron chi connectivity index (χ3n) is 6.06. The number of aromatic nitrogens is 4. The minimum atomic E-state index is -0.227. The summed E-state index contributed by atoms with van der Waals surface area (Å²) in [4.78, 5) is 14.9. The molecule has 0 amide bonds. The van der Waals surface area contributed by atoms with E-state index >= 15 is 0 Å². The molecule has 0 spiro atoms. The summed E-state index contributed by atoms with van der Waals surface area (Å²) in [6.07, 6.45) is 9.74.